The Morgan fingerprint density at radius 2 is 1.94 bits per heavy atom. The summed E-state index contributed by atoms with van der Waals surface area (Å²) in [6.07, 6.45) is 0. The highest BCUT2D eigenvalue weighted by atomic mass is 32.1. The van der Waals surface area contributed by atoms with Gasteiger partial charge in [-0.05, 0) is 31.1 Å². The fourth-order valence-corrected chi connectivity index (χ4v) is 1.86. The van der Waals surface area contributed by atoms with E-state index in [1.165, 1.54) is 6.07 Å². The highest BCUT2D eigenvalue weighted by Crippen LogP contribution is 2.21. The Labute approximate surface area is 114 Å². The molecule has 0 aliphatic heterocycles. The summed E-state index contributed by atoms with van der Waals surface area (Å²) in [7, 11) is 1.88. The first-order chi connectivity index (χ1) is 8.43. The van der Waals surface area contributed by atoms with E-state index in [1.807, 2.05) is 24.9 Å². The topological polar surface area (TPSA) is 15.3 Å². The van der Waals surface area contributed by atoms with Crippen molar-refractivity contribution >= 4 is 17.3 Å². The number of hydrogen-bond acceptors (Lipinski definition) is 1. The number of nitrogens with zero attached hydrogens (tertiary/aromatic N) is 1. The van der Waals surface area contributed by atoms with Crippen LogP contribution < -0.4 is 5.32 Å². The Morgan fingerprint density at radius 3 is 2.50 bits per heavy atom. The van der Waals surface area contributed by atoms with Crippen LogP contribution in [0.15, 0.2) is 24.3 Å². The fourth-order valence-electron chi connectivity index (χ4n) is 1.61. The van der Waals surface area contributed by atoms with Crippen LogP contribution in [0.5, 0.6) is 0 Å². The maximum atomic E-state index is 13.7. The van der Waals surface area contributed by atoms with Crippen molar-refractivity contribution in [1.29, 1.82) is 0 Å². The zero-order valence-corrected chi connectivity index (χ0v) is 12.2. The van der Waals surface area contributed by atoms with Gasteiger partial charge in [-0.2, -0.15) is 0 Å². The Bertz CT molecular complexity index is 407. The average molecular weight is 268 g/mol. The van der Waals surface area contributed by atoms with Gasteiger partial charge in [-0.3, -0.25) is 0 Å². The molecule has 0 saturated heterocycles. The molecule has 0 saturated carbocycles. The van der Waals surface area contributed by atoms with Crippen molar-refractivity contribution in [3.05, 3.63) is 35.6 Å². The summed E-state index contributed by atoms with van der Waals surface area (Å²) in [4.78, 5) is 1.89. The van der Waals surface area contributed by atoms with Gasteiger partial charge >= 0.3 is 0 Å². The van der Waals surface area contributed by atoms with Gasteiger partial charge in [0.05, 0.1) is 6.04 Å². The van der Waals surface area contributed by atoms with Crippen LogP contribution in [-0.2, 0) is 0 Å². The van der Waals surface area contributed by atoms with Crippen LogP contribution in [0, 0.1) is 11.7 Å². The van der Waals surface area contributed by atoms with Crippen LogP contribution >= 0.6 is 12.2 Å². The maximum Gasteiger partial charge on any atom is 0.169 e. The van der Waals surface area contributed by atoms with Gasteiger partial charge in [-0.15, -0.1) is 0 Å². The van der Waals surface area contributed by atoms with Crippen LogP contribution in [0.25, 0.3) is 0 Å². The molecule has 100 valence electrons. The summed E-state index contributed by atoms with van der Waals surface area (Å²) < 4.78 is 13.7. The van der Waals surface area contributed by atoms with Crippen molar-refractivity contribution in [2.45, 2.75) is 26.8 Å². The highest BCUT2D eigenvalue weighted by molar-refractivity contribution is 7.80. The summed E-state index contributed by atoms with van der Waals surface area (Å²) >= 11 is 5.31. The molecule has 0 amide bonds. The molecule has 1 aromatic carbocycles. The van der Waals surface area contributed by atoms with E-state index in [-0.39, 0.29) is 11.9 Å². The summed E-state index contributed by atoms with van der Waals surface area (Å²) in [5.74, 6) is 0.337. The third-order valence-corrected chi connectivity index (χ3v) is 3.35. The maximum absolute atomic E-state index is 13.7. The van der Waals surface area contributed by atoms with Crippen molar-refractivity contribution in [2.24, 2.45) is 5.92 Å². The molecule has 18 heavy (non-hydrogen) atoms. The third kappa shape index (κ3) is 3.95. The first-order valence-corrected chi connectivity index (χ1v) is 6.59. The molecular formula is C14H21FN2S. The molecule has 0 aromatic heterocycles. The molecule has 0 aliphatic rings. The Balaban J connectivity index is 2.69. The summed E-state index contributed by atoms with van der Waals surface area (Å²) in [6, 6.07) is 6.72. The standard InChI is InChI=1S/C14H21FN2S/c1-10(2)9-16-14(18)17(4)11(3)12-7-5-6-8-13(12)15/h5-8,10-11H,9H2,1-4H3,(H,16,18). The zero-order chi connectivity index (χ0) is 13.7. The summed E-state index contributed by atoms with van der Waals surface area (Å²) in [5.41, 5.74) is 0.661. The van der Waals surface area contributed by atoms with E-state index in [2.05, 4.69) is 19.2 Å². The first-order valence-electron chi connectivity index (χ1n) is 6.18. The molecule has 1 aromatic rings. The lowest BCUT2D eigenvalue weighted by atomic mass is 10.1. The molecule has 0 fully saturated rings. The summed E-state index contributed by atoms with van der Waals surface area (Å²) in [5, 5.41) is 3.84. The van der Waals surface area contributed by atoms with Gasteiger partial charge in [0.25, 0.3) is 0 Å². The molecule has 1 unspecified atom stereocenters. The molecular weight excluding hydrogens is 247 g/mol. The normalized spacial score (nSPS) is 12.3. The van der Waals surface area contributed by atoms with Crippen LogP contribution in [0.1, 0.15) is 32.4 Å². The lowest BCUT2D eigenvalue weighted by molar-refractivity contribution is 0.380. The Hall–Kier alpha value is -1.16. The van der Waals surface area contributed by atoms with Gasteiger partial charge in [0.15, 0.2) is 5.11 Å². The summed E-state index contributed by atoms with van der Waals surface area (Å²) in [6.45, 7) is 7.01. The van der Waals surface area contributed by atoms with Crippen LogP contribution in [0.4, 0.5) is 4.39 Å². The number of rotatable bonds is 4. The van der Waals surface area contributed by atoms with Crippen LogP contribution in [0.3, 0.4) is 0 Å². The molecule has 1 N–H and O–H groups in total. The van der Waals surface area contributed by atoms with E-state index in [1.54, 1.807) is 12.1 Å². The van der Waals surface area contributed by atoms with Crippen LogP contribution in [0.2, 0.25) is 0 Å². The van der Waals surface area contributed by atoms with Gasteiger partial charge in [0.2, 0.25) is 0 Å². The second kappa shape index (κ2) is 6.69. The van der Waals surface area contributed by atoms with E-state index >= 15 is 0 Å². The van der Waals surface area contributed by atoms with Crippen molar-refractivity contribution in [2.75, 3.05) is 13.6 Å². The van der Waals surface area contributed by atoms with Gasteiger partial charge in [-0.1, -0.05) is 32.0 Å². The Morgan fingerprint density at radius 1 is 1.33 bits per heavy atom. The monoisotopic (exact) mass is 268 g/mol. The predicted molar refractivity (Wildman–Crippen MR) is 78.0 cm³/mol. The third-order valence-electron chi connectivity index (χ3n) is 2.92. The number of benzene rings is 1. The molecule has 4 heteroatoms. The van der Waals surface area contributed by atoms with Gasteiger partial charge in [0, 0.05) is 19.2 Å². The van der Waals surface area contributed by atoms with Crippen molar-refractivity contribution in [3.63, 3.8) is 0 Å². The molecule has 0 bridgehead atoms. The molecule has 1 rings (SSSR count). The average Bonchev–Trinajstić information content (AvgIpc) is 2.34. The molecule has 2 nitrogen and oxygen atoms in total. The quantitative estimate of drug-likeness (QED) is 0.843. The van der Waals surface area contributed by atoms with Crippen molar-refractivity contribution in [3.8, 4) is 0 Å². The van der Waals surface area contributed by atoms with Crippen molar-refractivity contribution < 1.29 is 4.39 Å². The second-order valence-corrected chi connectivity index (χ2v) is 5.27. The number of nitrogens with one attached hydrogen (secondary N) is 1. The second-order valence-electron chi connectivity index (χ2n) is 4.89. The highest BCUT2D eigenvalue weighted by Gasteiger charge is 2.17. The first kappa shape index (κ1) is 14.9. The van der Waals surface area contributed by atoms with E-state index in [0.29, 0.717) is 16.6 Å². The molecule has 1 atom stereocenters. The predicted octanol–water partition coefficient (Wildman–Crippen LogP) is 3.35. The molecule has 0 spiro atoms. The molecule has 0 aliphatic carbocycles. The minimum Gasteiger partial charge on any atom is -0.362 e. The van der Waals surface area contributed by atoms with E-state index < -0.39 is 0 Å². The smallest absolute Gasteiger partial charge is 0.169 e. The van der Waals surface area contributed by atoms with E-state index in [0.717, 1.165) is 6.54 Å². The van der Waals surface area contributed by atoms with Gasteiger partial charge in [-0.25, -0.2) is 4.39 Å². The Kier molecular flexibility index (Phi) is 5.54. The van der Waals surface area contributed by atoms with Gasteiger partial charge < -0.3 is 10.2 Å². The largest absolute Gasteiger partial charge is 0.362 e. The fraction of sp³-hybridized carbons (Fsp3) is 0.500. The SMILES string of the molecule is CC(C)CNC(=S)N(C)C(C)c1ccccc1F. The van der Waals surface area contributed by atoms with Crippen molar-refractivity contribution in [1.82, 2.24) is 10.2 Å². The molecule has 0 radical (unpaired) electrons. The van der Waals surface area contributed by atoms with E-state index in [9.17, 15) is 4.39 Å². The lowest BCUT2D eigenvalue weighted by Crippen LogP contribution is -2.40. The number of thiocarbonyl (C=S) groups is 1. The minimum absolute atomic E-state index is 0.0848. The van der Waals surface area contributed by atoms with Gasteiger partial charge in [0.1, 0.15) is 5.82 Å². The van der Waals surface area contributed by atoms with E-state index in [4.69, 9.17) is 12.2 Å². The number of hydrogen-bond donors (Lipinski definition) is 1. The number of halogens is 1. The minimum atomic E-state index is -0.191. The lowest BCUT2D eigenvalue weighted by Gasteiger charge is -2.28. The molecule has 0 heterocycles. The van der Waals surface area contributed by atoms with Crippen LogP contribution in [-0.4, -0.2) is 23.6 Å². The zero-order valence-electron chi connectivity index (χ0n) is 11.4.